The van der Waals surface area contributed by atoms with E-state index in [4.69, 9.17) is 9.84 Å². The zero-order valence-electron chi connectivity index (χ0n) is 11.6. The third-order valence-corrected chi connectivity index (χ3v) is 4.34. The maximum absolute atomic E-state index is 12.2. The summed E-state index contributed by atoms with van der Waals surface area (Å²) < 4.78 is 17.3. The van der Waals surface area contributed by atoms with E-state index in [1.54, 1.807) is 7.11 Å². The second-order valence-electron chi connectivity index (χ2n) is 4.35. The molecule has 2 unspecified atom stereocenters. The van der Waals surface area contributed by atoms with Crippen LogP contribution >= 0.6 is 0 Å². The second-order valence-corrected chi connectivity index (χ2v) is 5.85. The molecule has 0 heterocycles. The number of ether oxygens (including phenoxy) is 1. The fourth-order valence-electron chi connectivity index (χ4n) is 1.76. The standard InChI is InChI=1S/C14H23NO3S/c1-3-9-15-12(8-10-16)11-19(17)14-6-4-13(18-2)5-7-14/h4-7,12,15-16H,3,8-11H2,1-2H3. The molecule has 108 valence electrons. The molecule has 1 rings (SSSR count). The summed E-state index contributed by atoms with van der Waals surface area (Å²) in [6, 6.07) is 7.37. The SMILES string of the molecule is CCCNC(CCO)CS(=O)c1ccc(OC)cc1. The Morgan fingerprint density at radius 3 is 2.58 bits per heavy atom. The van der Waals surface area contributed by atoms with E-state index in [0.29, 0.717) is 12.2 Å². The Kier molecular flexibility index (Phi) is 7.70. The average Bonchev–Trinajstić information content (AvgIpc) is 2.45. The van der Waals surface area contributed by atoms with Crippen molar-refractivity contribution in [2.45, 2.75) is 30.7 Å². The highest BCUT2D eigenvalue weighted by atomic mass is 32.2. The molecular formula is C14H23NO3S. The molecule has 0 bridgehead atoms. The van der Waals surface area contributed by atoms with Gasteiger partial charge in [0, 0.05) is 23.3 Å². The van der Waals surface area contributed by atoms with Crippen LogP contribution in [0.25, 0.3) is 0 Å². The van der Waals surface area contributed by atoms with Gasteiger partial charge in [-0.3, -0.25) is 4.21 Å². The molecule has 0 aliphatic rings. The van der Waals surface area contributed by atoms with Gasteiger partial charge in [-0.05, 0) is 43.7 Å². The van der Waals surface area contributed by atoms with Crippen LogP contribution in [0, 0.1) is 0 Å². The molecule has 1 aromatic carbocycles. The zero-order valence-corrected chi connectivity index (χ0v) is 12.4. The number of benzene rings is 1. The maximum Gasteiger partial charge on any atom is 0.118 e. The monoisotopic (exact) mass is 285 g/mol. The van der Waals surface area contributed by atoms with Gasteiger partial charge < -0.3 is 15.2 Å². The Morgan fingerprint density at radius 2 is 2.05 bits per heavy atom. The summed E-state index contributed by atoms with van der Waals surface area (Å²) in [6.45, 7) is 3.08. The van der Waals surface area contributed by atoms with E-state index >= 15 is 0 Å². The first-order valence-electron chi connectivity index (χ1n) is 6.58. The van der Waals surface area contributed by atoms with Crippen molar-refractivity contribution in [3.8, 4) is 5.75 Å². The Morgan fingerprint density at radius 1 is 1.37 bits per heavy atom. The van der Waals surface area contributed by atoms with Gasteiger partial charge in [-0.15, -0.1) is 0 Å². The van der Waals surface area contributed by atoms with E-state index in [2.05, 4.69) is 12.2 Å². The lowest BCUT2D eigenvalue weighted by Gasteiger charge is -2.17. The van der Waals surface area contributed by atoms with Crippen LogP contribution in [0.5, 0.6) is 5.75 Å². The predicted octanol–water partition coefficient (Wildman–Crippen LogP) is 1.55. The summed E-state index contributed by atoms with van der Waals surface area (Å²) in [7, 11) is 0.551. The van der Waals surface area contributed by atoms with Crippen molar-refractivity contribution >= 4 is 10.8 Å². The van der Waals surface area contributed by atoms with Crippen LogP contribution in [-0.2, 0) is 10.8 Å². The molecule has 0 amide bonds. The van der Waals surface area contributed by atoms with Gasteiger partial charge in [0.05, 0.1) is 17.9 Å². The average molecular weight is 285 g/mol. The Hall–Kier alpha value is -0.910. The zero-order chi connectivity index (χ0) is 14.1. The van der Waals surface area contributed by atoms with E-state index in [9.17, 15) is 4.21 Å². The Bertz CT molecular complexity index is 381. The van der Waals surface area contributed by atoms with Crippen molar-refractivity contribution in [3.05, 3.63) is 24.3 Å². The molecule has 1 aromatic rings. The molecule has 2 atom stereocenters. The molecule has 0 aromatic heterocycles. The normalized spacial score (nSPS) is 14.1. The first-order valence-corrected chi connectivity index (χ1v) is 7.89. The molecule has 0 fully saturated rings. The van der Waals surface area contributed by atoms with Gasteiger partial charge in [0.1, 0.15) is 5.75 Å². The predicted molar refractivity (Wildman–Crippen MR) is 78.1 cm³/mol. The van der Waals surface area contributed by atoms with Crippen molar-refractivity contribution in [1.82, 2.24) is 5.32 Å². The fourth-order valence-corrected chi connectivity index (χ4v) is 3.04. The van der Waals surface area contributed by atoms with Crippen LogP contribution in [0.15, 0.2) is 29.2 Å². The van der Waals surface area contributed by atoms with E-state index in [1.807, 2.05) is 24.3 Å². The van der Waals surface area contributed by atoms with Gasteiger partial charge in [0.2, 0.25) is 0 Å². The second kappa shape index (κ2) is 9.07. The third-order valence-electron chi connectivity index (χ3n) is 2.84. The number of methoxy groups -OCH3 is 1. The number of nitrogens with one attached hydrogen (secondary N) is 1. The minimum atomic E-state index is -1.06. The molecule has 0 aliphatic heterocycles. The lowest BCUT2D eigenvalue weighted by atomic mass is 10.2. The highest BCUT2D eigenvalue weighted by Gasteiger charge is 2.13. The molecule has 0 radical (unpaired) electrons. The van der Waals surface area contributed by atoms with Crippen molar-refractivity contribution in [1.29, 1.82) is 0 Å². The maximum atomic E-state index is 12.2. The van der Waals surface area contributed by atoms with Crippen LogP contribution in [0.4, 0.5) is 0 Å². The van der Waals surface area contributed by atoms with Gasteiger partial charge in [0.25, 0.3) is 0 Å². The summed E-state index contributed by atoms with van der Waals surface area (Å²) in [5, 5.41) is 12.3. The molecule has 0 spiro atoms. The van der Waals surface area contributed by atoms with E-state index < -0.39 is 10.8 Å². The largest absolute Gasteiger partial charge is 0.497 e. The first kappa shape index (κ1) is 16.1. The summed E-state index contributed by atoms with van der Waals surface area (Å²) in [6.07, 6.45) is 1.65. The topological polar surface area (TPSA) is 58.6 Å². The third kappa shape index (κ3) is 5.72. The summed E-state index contributed by atoms with van der Waals surface area (Å²) in [5.74, 6) is 1.28. The van der Waals surface area contributed by atoms with Crippen LogP contribution in [-0.4, -0.2) is 41.4 Å². The van der Waals surface area contributed by atoms with Gasteiger partial charge in [-0.2, -0.15) is 0 Å². The number of hydrogen-bond donors (Lipinski definition) is 2. The van der Waals surface area contributed by atoms with Crippen molar-refractivity contribution in [2.24, 2.45) is 0 Å². The Labute approximate surface area is 117 Å². The van der Waals surface area contributed by atoms with E-state index in [0.717, 1.165) is 23.6 Å². The number of hydrogen-bond acceptors (Lipinski definition) is 4. The minimum absolute atomic E-state index is 0.0906. The number of rotatable bonds is 9. The molecule has 19 heavy (non-hydrogen) atoms. The molecule has 5 heteroatoms. The highest BCUT2D eigenvalue weighted by Crippen LogP contribution is 2.15. The Balaban J connectivity index is 2.58. The molecule has 0 aliphatic carbocycles. The van der Waals surface area contributed by atoms with Crippen molar-refractivity contribution < 1.29 is 14.1 Å². The van der Waals surface area contributed by atoms with Crippen LogP contribution < -0.4 is 10.1 Å². The van der Waals surface area contributed by atoms with Gasteiger partial charge in [-0.1, -0.05) is 6.92 Å². The molecular weight excluding hydrogens is 262 g/mol. The number of aliphatic hydroxyl groups excluding tert-OH is 1. The minimum Gasteiger partial charge on any atom is -0.497 e. The van der Waals surface area contributed by atoms with Gasteiger partial charge in [0.15, 0.2) is 0 Å². The fraction of sp³-hybridized carbons (Fsp3) is 0.571. The van der Waals surface area contributed by atoms with Crippen LogP contribution in [0.1, 0.15) is 19.8 Å². The molecule has 2 N–H and O–H groups in total. The van der Waals surface area contributed by atoms with Gasteiger partial charge in [-0.25, -0.2) is 0 Å². The van der Waals surface area contributed by atoms with Crippen molar-refractivity contribution in [2.75, 3.05) is 26.0 Å². The number of aliphatic hydroxyl groups is 1. The summed E-state index contributed by atoms with van der Waals surface area (Å²) >= 11 is 0. The molecule has 0 saturated carbocycles. The van der Waals surface area contributed by atoms with E-state index in [-0.39, 0.29) is 12.6 Å². The lowest BCUT2D eigenvalue weighted by Crippen LogP contribution is -2.35. The van der Waals surface area contributed by atoms with Crippen molar-refractivity contribution in [3.63, 3.8) is 0 Å². The molecule has 0 saturated heterocycles. The van der Waals surface area contributed by atoms with Gasteiger partial charge >= 0.3 is 0 Å². The molecule has 4 nitrogen and oxygen atoms in total. The highest BCUT2D eigenvalue weighted by molar-refractivity contribution is 7.85. The first-order chi connectivity index (χ1) is 9.21. The van der Waals surface area contributed by atoms with E-state index in [1.165, 1.54) is 0 Å². The summed E-state index contributed by atoms with van der Waals surface area (Å²) in [5.41, 5.74) is 0. The lowest BCUT2D eigenvalue weighted by molar-refractivity contribution is 0.270. The quantitative estimate of drug-likeness (QED) is 0.723. The summed E-state index contributed by atoms with van der Waals surface area (Å²) in [4.78, 5) is 0.794. The smallest absolute Gasteiger partial charge is 0.118 e. The van der Waals surface area contributed by atoms with Crippen LogP contribution in [0.3, 0.4) is 0 Å². The van der Waals surface area contributed by atoms with Crippen LogP contribution in [0.2, 0.25) is 0 Å².